The van der Waals surface area contributed by atoms with Gasteiger partial charge in [-0.05, 0) is 44.4 Å². The van der Waals surface area contributed by atoms with Crippen molar-refractivity contribution in [2.45, 2.75) is 51.6 Å². The van der Waals surface area contributed by atoms with Crippen molar-refractivity contribution in [1.29, 1.82) is 0 Å². The largest absolute Gasteiger partial charge is 0.491 e. The Kier molecular flexibility index (Phi) is 4.42. The maximum Gasteiger partial charge on any atom is 0.257 e. The van der Waals surface area contributed by atoms with E-state index in [4.69, 9.17) is 4.74 Å². The Bertz CT molecular complexity index is 828. The van der Waals surface area contributed by atoms with Crippen LogP contribution in [-0.4, -0.2) is 33.7 Å². The Morgan fingerprint density at radius 1 is 1.42 bits per heavy atom. The molecule has 1 fully saturated rings. The quantitative estimate of drug-likeness (QED) is 0.834. The van der Waals surface area contributed by atoms with E-state index in [1.807, 2.05) is 4.68 Å². The van der Waals surface area contributed by atoms with Crippen LogP contribution in [0.5, 0.6) is 5.75 Å². The molecular formula is C20H24FN3O2. The molecule has 1 aliphatic carbocycles. The van der Waals surface area contributed by atoms with Crippen molar-refractivity contribution >= 4 is 5.91 Å². The maximum atomic E-state index is 13.6. The summed E-state index contributed by atoms with van der Waals surface area (Å²) in [7, 11) is 0. The van der Waals surface area contributed by atoms with E-state index in [9.17, 15) is 9.18 Å². The van der Waals surface area contributed by atoms with Crippen LogP contribution in [0.4, 0.5) is 4.39 Å². The first kappa shape index (κ1) is 17.1. The summed E-state index contributed by atoms with van der Waals surface area (Å²) in [5.41, 5.74) is 2.46. The summed E-state index contributed by atoms with van der Waals surface area (Å²) in [6.45, 7) is 5.50. The Labute approximate surface area is 152 Å². The topological polar surface area (TPSA) is 47.4 Å². The zero-order chi connectivity index (χ0) is 18.3. The van der Waals surface area contributed by atoms with Gasteiger partial charge >= 0.3 is 0 Å². The normalized spacial score (nSPS) is 18.0. The minimum atomic E-state index is -0.315. The minimum absolute atomic E-state index is 0.0397. The highest BCUT2D eigenvalue weighted by atomic mass is 19.1. The van der Waals surface area contributed by atoms with Crippen LogP contribution >= 0.6 is 0 Å². The lowest BCUT2D eigenvalue weighted by Crippen LogP contribution is -2.33. The average Bonchev–Trinajstić information content (AvgIpc) is 3.42. The highest BCUT2D eigenvalue weighted by molar-refractivity contribution is 5.95. The molecule has 0 N–H and O–H groups in total. The third-order valence-corrected chi connectivity index (χ3v) is 5.33. The van der Waals surface area contributed by atoms with Gasteiger partial charge in [0.25, 0.3) is 5.91 Å². The highest BCUT2D eigenvalue weighted by Gasteiger charge is 2.35. The zero-order valence-electron chi connectivity index (χ0n) is 15.2. The molecule has 26 heavy (non-hydrogen) atoms. The Hall–Kier alpha value is -2.37. The van der Waals surface area contributed by atoms with Gasteiger partial charge in [0, 0.05) is 24.1 Å². The molecule has 1 aromatic heterocycles. The predicted molar refractivity (Wildman–Crippen MR) is 95.8 cm³/mol. The molecule has 1 aliphatic heterocycles. The lowest BCUT2D eigenvalue weighted by Gasteiger charge is -2.21. The first-order valence-corrected chi connectivity index (χ1v) is 9.36. The smallest absolute Gasteiger partial charge is 0.257 e. The fourth-order valence-corrected chi connectivity index (χ4v) is 3.53. The molecule has 1 saturated carbocycles. The number of rotatable bonds is 4. The standard InChI is InChI=1S/C20H24FN3O2/c1-3-13(2)24-19(14-4-5-14)17(11-22-24)20(25)23-8-9-26-18-7-6-16(21)10-15(18)12-23/h6-7,10-11,13-14H,3-5,8-9,12H2,1-2H3. The number of fused-ring (bicyclic) bond motifs is 1. The summed E-state index contributed by atoms with van der Waals surface area (Å²) >= 11 is 0. The van der Waals surface area contributed by atoms with E-state index < -0.39 is 0 Å². The first-order valence-electron chi connectivity index (χ1n) is 9.36. The third-order valence-electron chi connectivity index (χ3n) is 5.33. The predicted octanol–water partition coefficient (Wildman–Crippen LogP) is 3.91. The molecular weight excluding hydrogens is 333 g/mol. The van der Waals surface area contributed by atoms with Gasteiger partial charge in [-0.15, -0.1) is 0 Å². The van der Waals surface area contributed by atoms with E-state index in [1.54, 1.807) is 17.2 Å². The summed E-state index contributed by atoms with van der Waals surface area (Å²) in [4.78, 5) is 15.0. The second kappa shape index (κ2) is 6.74. The molecule has 6 heteroatoms. The SMILES string of the molecule is CCC(C)n1ncc(C(=O)N2CCOc3ccc(F)cc3C2)c1C1CC1. The molecule has 2 aliphatic rings. The van der Waals surface area contributed by atoms with Gasteiger partial charge in [-0.25, -0.2) is 4.39 Å². The molecule has 5 nitrogen and oxygen atoms in total. The number of ether oxygens (including phenoxy) is 1. The summed E-state index contributed by atoms with van der Waals surface area (Å²) in [6, 6.07) is 4.74. The van der Waals surface area contributed by atoms with Gasteiger partial charge in [0.2, 0.25) is 0 Å². The molecule has 1 amide bonds. The number of benzene rings is 1. The van der Waals surface area contributed by atoms with E-state index in [-0.39, 0.29) is 17.8 Å². The summed E-state index contributed by atoms with van der Waals surface area (Å²) in [5, 5.41) is 4.52. The second-order valence-electron chi connectivity index (χ2n) is 7.25. The molecule has 1 aromatic carbocycles. The fraction of sp³-hybridized carbons (Fsp3) is 0.500. The number of amides is 1. The van der Waals surface area contributed by atoms with Gasteiger partial charge in [0.15, 0.2) is 0 Å². The average molecular weight is 357 g/mol. The lowest BCUT2D eigenvalue weighted by atomic mass is 10.1. The monoisotopic (exact) mass is 357 g/mol. The zero-order valence-corrected chi connectivity index (χ0v) is 15.2. The van der Waals surface area contributed by atoms with Crippen molar-refractivity contribution in [2.24, 2.45) is 0 Å². The van der Waals surface area contributed by atoms with Crippen LogP contribution in [0.25, 0.3) is 0 Å². The number of aromatic nitrogens is 2. The van der Waals surface area contributed by atoms with Gasteiger partial charge in [0.1, 0.15) is 18.2 Å². The number of carbonyl (C=O) groups is 1. The molecule has 2 aromatic rings. The number of carbonyl (C=O) groups excluding carboxylic acids is 1. The van der Waals surface area contributed by atoms with Crippen molar-refractivity contribution in [3.05, 3.63) is 47.0 Å². The highest BCUT2D eigenvalue weighted by Crippen LogP contribution is 2.43. The van der Waals surface area contributed by atoms with Crippen molar-refractivity contribution in [2.75, 3.05) is 13.2 Å². The van der Waals surface area contributed by atoms with Crippen molar-refractivity contribution in [1.82, 2.24) is 14.7 Å². The van der Waals surface area contributed by atoms with Crippen molar-refractivity contribution < 1.29 is 13.9 Å². The molecule has 0 radical (unpaired) electrons. The number of nitrogens with zero attached hydrogens (tertiary/aromatic N) is 3. The van der Waals surface area contributed by atoms with E-state index in [0.717, 1.165) is 25.0 Å². The third kappa shape index (κ3) is 3.08. The molecule has 1 atom stereocenters. The molecule has 138 valence electrons. The van der Waals surface area contributed by atoms with Gasteiger partial charge in [-0.2, -0.15) is 5.10 Å². The Morgan fingerprint density at radius 2 is 2.23 bits per heavy atom. The van der Waals surface area contributed by atoms with Crippen LogP contribution in [0.15, 0.2) is 24.4 Å². The summed E-state index contributed by atoms with van der Waals surface area (Å²) in [5.74, 6) is 0.727. The van der Waals surface area contributed by atoms with Crippen LogP contribution in [0.2, 0.25) is 0 Å². The number of halogens is 1. The van der Waals surface area contributed by atoms with E-state index in [2.05, 4.69) is 18.9 Å². The molecule has 0 bridgehead atoms. The maximum absolute atomic E-state index is 13.6. The molecule has 1 unspecified atom stereocenters. The number of hydrogen-bond acceptors (Lipinski definition) is 3. The van der Waals surface area contributed by atoms with Crippen LogP contribution in [0.1, 0.15) is 66.7 Å². The van der Waals surface area contributed by atoms with Crippen LogP contribution in [-0.2, 0) is 6.54 Å². The first-order chi connectivity index (χ1) is 12.6. The van der Waals surface area contributed by atoms with E-state index in [0.29, 0.717) is 42.5 Å². The van der Waals surface area contributed by atoms with Crippen LogP contribution in [0.3, 0.4) is 0 Å². The molecule has 0 spiro atoms. The van der Waals surface area contributed by atoms with E-state index >= 15 is 0 Å². The molecule has 0 saturated heterocycles. The minimum Gasteiger partial charge on any atom is -0.491 e. The van der Waals surface area contributed by atoms with Gasteiger partial charge in [0.05, 0.1) is 24.0 Å². The molecule has 4 rings (SSSR count). The van der Waals surface area contributed by atoms with Crippen molar-refractivity contribution in [3.63, 3.8) is 0 Å². The lowest BCUT2D eigenvalue weighted by molar-refractivity contribution is 0.0731. The number of hydrogen-bond donors (Lipinski definition) is 0. The van der Waals surface area contributed by atoms with Crippen molar-refractivity contribution in [3.8, 4) is 5.75 Å². The van der Waals surface area contributed by atoms with E-state index in [1.165, 1.54) is 12.1 Å². The van der Waals surface area contributed by atoms with Gasteiger partial charge < -0.3 is 9.64 Å². The Morgan fingerprint density at radius 3 is 2.96 bits per heavy atom. The summed E-state index contributed by atoms with van der Waals surface area (Å²) in [6.07, 6.45) is 4.90. The summed E-state index contributed by atoms with van der Waals surface area (Å²) < 4.78 is 21.3. The van der Waals surface area contributed by atoms with Gasteiger partial charge in [-0.1, -0.05) is 6.92 Å². The van der Waals surface area contributed by atoms with Crippen LogP contribution in [0, 0.1) is 5.82 Å². The van der Waals surface area contributed by atoms with Crippen LogP contribution < -0.4 is 4.74 Å². The Balaban J connectivity index is 1.64. The van der Waals surface area contributed by atoms with Gasteiger partial charge in [-0.3, -0.25) is 9.48 Å². The molecule has 2 heterocycles. The second-order valence-corrected chi connectivity index (χ2v) is 7.25. The fourth-order valence-electron chi connectivity index (χ4n) is 3.53.